The highest BCUT2D eigenvalue weighted by Gasteiger charge is 1.96. The van der Waals surface area contributed by atoms with Gasteiger partial charge in [0, 0.05) is 16.7 Å². The zero-order valence-electron chi connectivity index (χ0n) is 8.71. The molecule has 0 aliphatic rings. The molecule has 0 aromatic rings. The Kier molecular flexibility index (Phi) is 10.9. The molecular formula is C10H20BrNO2. The van der Waals surface area contributed by atoms with Gasteiger partial charge < -0.3 is 0 Å². The Morgan fingerprint density at radius 1 is 0.857 bits per heavy atom. The Labute approximate surface area is 94.5 Å². The predicted octanol–water partition coefficient (Wildman–Crippen LogP) is 3.78. The largest absolute Gasteiger partial charge is 0.265 e. The number of nitrogens with zero attached hydrogens (tertiary/aromatic N) is 1. The van der Waals surface area contributed by atoms with Crippen molar-refractivity contribution in [3.8, 4) is 0 Å². The minimum atomic E-state index is -0.226. The van der Waals surface area contributed by atoms with E-state index in [4.69, 9.17) is 0 Å². The summed E-state index contributed by atoms with van der Waals surface area (Å²) in [6, 6.07) is 0. The highest BCUT2D eigenvalue weighted by atomic mass is 79.9. The van der Waals surface area contributed by atoms with Crippen molar-refractivity contribution < 1.29 is 4.92 Å². The molecule has 0 aromatic heterocycles. The summed E-state index contributed by atoms with van der Waals surface area (Å²) in [7, 11) is 0. The summed E-state index contributed by atoms with van der Waals surface area (Å²) in [6.07, 6.45) is 9.31. The lowest BCUT2D eigenvalue weighted by Gasteiger charge is -1.99. The van der Waals surface area contributed by atoms with Gasteiger partial charge in [-0.05, 0) is 12.8 Å². The summed E-state index contributed by atoms with van der Waals surface area (Å²) in [5.41, 5.74) is 0. The van der Waals surface area contributed by atoms with Gasteiger partial charge in [0.05, 0.1) is 0 Å². The van der Waals surface area contributed by atoms with Crippen LogP contribution in [0.1, 0.15) is 51.4 Å². The summed E-state index contributed by atoms with van der Waals surface area (Å²) in [5, 5.41) is 11.1. The summed E-state index contributed by atoms with van der Waals surface area (Å²) in [5.74, 6) is 0. The summed E-state index contributed by atoms with van der Waals surface area (Å²) in [6.45, 7) is 0.142. The molecule has 0 aromatic carbocycles. The van der Waals surface area contributed by atoms with Crippen LogP contribution in [-0.2, 0) is 0 Å². The second kappa shape index (κ2) is 11.0. The lowest BCUT2D eigenvalue weighted by Crippen LogP contribution is -1.99. The topological polar surface area (TPSA) is 43.1 Å². The van der Waals surface area contributed by atoms with E-state index in [1.165, 1.54) is 32.1 Å². The van der Waals surface area contributed by atoms with Gasteiger partial charge in [-0.2, -0.15) is 0 Å². The third kappa shape index (κ3) is 11.9. The van der Waals surface area contributed by atoms with Crippen LogP contribution in [-0.4, -0.2) is 16.8 Å². The van der Waals surface area contributed by atoms with E-state index in [1.54, 1.807) is 0 Å². The first-order valence-electron chi connectivity index (χ1n) is 5.45. The number of nitro groups is 1. The molecule has 0 N–H and O–H groups in total. The van der Waals surface area contributed by atoms with Crippen molar-refractivity contribution in [1.82, 2.24) is 0 Å². The molecule has 0 radical (unpaired) electrons. The van der Waals surface area contributed by atoms with Crippen molar-refractivity contribution in [2.24, 2.45) is 0 Å². The average molecular weight is 266 g/mol. The number of hydrogen-bond acceptors (Lipinski definition) is 2. The third-order valence-electron chi connectivity index (χ3n) is 2.22. The van der Waals surface area contributed by atoms with Crippen molar-refractivity contribution in [2.45, 2.75) is 51.4 Å². The van der Waals surface area contributed by atoms with E-state index in [2.05, 4.69) is 15.9 Å². The molecule has 3 nitrogen and oxygen atoms in total. The van der Waals surface area contributed by atoms with Gasteiger partial charge in [0.2, 0.25) is 6.54 Å². The van der Waals surface area contributed by atoms with Crippen LogP contribution in [0.2, 0.25) is 0 Å². The molecule has 14 heavy (non-hydrogen) atoms. The molecule has 0 bridgehead atoms. The van der Waals surface area contributed by atoms with Gasteiger partial charge in [-0.1, -0.05) is 48.0 Å². The van der Waals surface area contributed by atoms with Gasteiger partial charge >= 0.3 is 0 Å². The quantitative estimate of drug-likeness (QED) is 0.261. The van der Waals surface area contributed by atoms with Crippen LogP contribution in [0, 0.1) is 10.1 Å². The molecule has 0 heterocycles. The Balaban J connectivity index is 2.88. The van der Waals surface area contributed by atoms with Crippen LogP contribution < -0.4 is 0 Å². The maximum Gasteiger partial charge on any atom is 0.203 e. The summed E-state index contributed by atoms with van der Waals surface area (Å²) < 4.78 is 0. The SMILES string of the molecule is O=[N+]([O-])CCCCCCCCCCBr. The summed E-state index contributed by atoms with van der Waals surface area (Å²) in [4.78, 5) is 9.78. The number of rotatable bonds is 10. The minimum Gasteiger partial charge on any atom is -0.265 e. The monoisotopic (exact) mass is 265 g/mol. The van der Waals surface area contributed by atoms with Crippen LogP contribution in [0.15, 0.2) is 0 Å². The normalized spacial score (nSPS) is 10.4. The molecule has 4 heteroatoms. The van der Waals surface area contributed by atoms with Crippen LogP contribution in [0.4, 0.5) is 0 Å². The Hall–Kier alpha value is -0.120. The van der Waals surface area contributed by atoms with Crippen molar-refractivity contribution >= 4 is 15.9 Å². The molecule has 0 spiro atoms. The predicted molar refractivity (Wildman–Crippen MR) is 62.6 cm³/mol. The number of hydrogen-bond donors (Lipinski definition) is 0. The molecule has 0 aliphatic heterocycles. The number of unbranched alkanes of at least 4 members (excludes halogenated alkanes) is 7. The van der Waals surface area contributed by atoms with Gasteiger partial charge in [-0.25, -0.2) is 0 Å². The Morgan fingerprint density at radius 2 is 1.29 bits per heavy atom. The lowest BCUT2D eigenvalue weighted by molar-refractivity contribution is -0.480. The first-order chi connectivity index (χ1) is 6.77. The highest BCUT2D eigenvalue weighted by molar-refractivity contribution is 9.09. The molecule has 0 rings (SSSR count). The zero-order valence-corrected chi connectivity index (χ0v) is 10.3. The van der Waals surface area contributed by atoms with Crippen LogP contribution in [0.3, 0.4) is 0 Å². The second-order valence-corrected chi connectivity index (χ2v) is 4.37. The van der Waals surface area contributed by atoms with E-state index in [9.17, 15) is 10.1 Å². The van der Waals surface area contributed by atoms with E-state index < -0.39 is 0 Å². The second-order valence-electron chi connectivity index (χ2n) is 3.57. The standard InChI is InChI=1S/C10H20BrNO2/c11-9-7-5-3-1-2-4-6-8-10-12(13)14/h1-10H2. The highest BCUT2D eigenvalue weighted by Crippen LogP contribution is 2.09. The van der Waals surface area contributed by atoms with Crippen molar-refractivity contribution in [2.75, 3.05) is 11.9 Å². The fraction of sp³-hybridized carbons (Fsp3) is 1.00. The Bertz CT molecular complexity index is 142. The molecule has 0 aliphatic carbocycles. The fourth-order valence-corrected chi connectivity index (χ4v) is 1.79. The fourth-order valence-electron chi connectivity index (χ4n) is 1.40. The third-order valence-corrected chi connectivity index (χ3v) is 2.79. The lowest BCUT2D eigenvalue weighted by atomic mass is 10.1. The van der Waals surface area contributed by atoms with Gasteiger partial charge in [0.15, 0.2) is 0 Å². The van der Waals surface area contributed by atoms with E-state index >= 15 is 0 Å². The molecule has 0 atom stereocenters. The minimum absolute atomic E-state index is 0.142. The first kappa shape index (κ1) is 13.9. The summed E-state index contributed by atoms with van der Waals surface area (Å²) >= 11 is 3.40. The zero-order chi connectivity index (χ0) is 10.6. The van der Waals surface area contributed by atoms with Gasteiger partial charge in [0.1, 0.15) is 0 Å². The molecule has 0 amide bonds. The molecule has 0 fully saturated rings. The van der Waals surface area contributed by atoms with Gasteiger partial charge in [-0.15, -0.1) is 0 Å². The van der Waals surface area contributed by atoms with Crippen molar-refractivity contribution in [3.05, 3.63) is 10.1 Å². The van der Waals surface area contributed by atoms with Gasteiger partial charge in [0.25, 0.3) is 0 Å². The average Bonchev–Trinajstić information content (AvgIpc) is 2.15. The molecule has 0 unspecified atom stereocenters. The van der Waals surface area contributed by atoms with Crippen LogP contribution >= 0.6 is 15.9 Å². The van der Waals surface area contributed by atoms with E-state index in [0.29, 0.717) is 0 Å². The number of alkyl halides is 1. The van der Waals surface area contributed by atoms with Crippen LogP contribution in [0.25, 0.3) is 0 Å². The number of halogens is 1. The molecule has 84 valence electrons. The maximum absolute atomic E-state index is 10.0. The van der Waals surface area contributed by atoms with Crippen molar-refractivity contribution in [3.63, 3.8) is 0 Å². The van der Waals surface area contributed by atoms with E-state index in [0.717, 1.165) is 24.6 Å². The first-order valence-corrected chi connectivity index (χ1v) is 6.57. The Morgan fingerprint density at radius 3 is 1.71 bits per heavy atom. The molecule has 0 saturated heterocycles. The van der Waals surface area contributed by atoms with E-state index in [1.807, 2.05) is 0 Å². The molecule has 0 saturated carbocycles. The smallest absolute Gasteiger partial charge is 0.203 e. The van der Waals surface area contributed by atoms with Crippen LogP contribution in [0.5, 0.6) is 0 Å². The molecular weight excluding hydrogens is 246 g/mol. The van der Waals surface area contributed by atoms with E-state index in [-0.39, 0.29) is 11.5 Å². The maximum atomic E-state index is 10.0. The van der Waals surface area contributed by atoms with Crippen molar-refractivity contribution in [1.29, 1.82) is 0 Å². The van der Waals surface area contributed by atoms with Gasteiger partial charge in [-0.3, -0.25) is 10.1 Å².